The molecular formula is C46H59NO3Si2. The number of rotatable bonds is 17. The van der Waals surface area contributed by atoms with Crippen molar-refractivity contribution in [1.82, 2.24) is 0 Å². The second-order valence-corrected chi connectivity index (χ2v) is 24.6. The van der Waals surface area contributed by atoms with Crippen LogP contribution in [0.3, 0.4) is 0 Å². The van der Waals surface area contributed by atoms with Crippen LogP contribution in [0.15, 0.2) is 146 Å². The van der Waals surface area contributed by atoms with Crippen molar-refractivity contribution in [2.45, 2.75) is 77.3 Å². The highest BCUT2D eigenvalue weighted by molar-refractivity contribution is 7.00. The molecule has 52 heavy (non-hydrogen) atoms. The maximum Gasteiger partial charge on any atom is 0.261 e. The smallest absolute Gasteiger partial charge is 0.261 e. The van der Waals surface area contributed by atoms with Crippen LogP contribution in [0, 0.1) is 0 Å². The van der Waals surface area contributed by atoms with E-state index in [9.17, 15) is 5.11 Å². The van der Waals surface area contributed by atoms with Crippen LogP contribution >= 0.6 is 0 Å². The lowest BCUT2D eigenvalue weighted by Gasteiger charge is -2.43. The van der Waals surface area contributed by atoms with Gasteiger partial charge in [-0.25, -0.2) is 0 Å². The molecule has 0 heterocycles. The van der Waals surface area contributed by atoms with Crippen molar-refractivity contribution < 1.29 is 14.0 Å². The normalized spacial score (nSPS) is 12.5. The molecule has 0 atom stereocenters. The van der Waals surface area contributed by atoms with Gasteiger partial charge in [0.15, 0.2) is 0 Å². The Morgan fingerprint density at radius 1 is 0.462 bits per heavy atom. The lowest BCUT2D eigenvalue weighted by atomic mass is 10.2. The first-order valence-electron chi connectivity index (χ1n) is 19.0. The van der Waals surface area contributed by atoms with E-state index in [0.717, 1.165) is 44.5 Å². The molecule has 0 fully saturated rings. The van der Waals surface area contributed by atoms with Gasteiger partial charge in [-0.1, -0.05) is 169 Å². The Labute approximate surface area is 315 Å². The molecule has 1 N–H and O–H groups in total. The third-order valence-corrected chi connectivity index (χ3v) is 20.4. The fourth-order valence-electron chi connectivity index (χ4n) is 7.84. The molecule has 6 heteroatoms. The second-order valence-electron chi connectivity index (χ2n) is 15.9. The first kappa shape index (κ1) is 39.3. The maximum absolute atomic E-state index is 10.4. The van der Waals surface area contributed by atoms with Crippen LogP contribution in [0.5, 0.6) is 5.75 Å². The molecule has 0 aliphatic rings. The summed E-state index contributed by atoms with van der Waals surface area (Å²) < 4.78 is 14.4. The molecule has 0 radical (unpaired) electrons. The van der Waals surface area contributed by atoms with Crippen LogP contribution in [0.25, 0.3) is 0 Å². The van der Waals surface area contributed by atoms with Gasteiger partial charge in [0.2, 0.25) is 0 Å². The SMILES string of the molecule is CC(C)(C)[Si](OCCCCN(CCCCO[Si](c1ccccc1)(c1ccccc1)C(C)(C)C)c1cccc(O)c1)(c1ccccc1)c1ccccc1. The van der Waals surface area contributed by atoms with Crippen LogP contribution in [-0.4, -0.2) is 48.0 Å². The molecular weight excluding hydrogens is 671 g/mol. The van der Waals surface area contributed by atoms with Crippen molar-refractivity contribution in [3.63, 3.8) is 0 Å². The van der Waals surface area contributed by atoms with Gasteiger partial charge in [0, 0.05) is 38.1 Å². The topological polar surface area (TPSA) is 41.9 Å². The highest BCUT2D eigenvalue weighted by Crippen LogP contribution is 2.38. The Balaban J connectivity index is 1.25. The Morgan fingerprint density at radius 3 is 1.12 bits per heavy atom. The summed E-state index contributed by atoms with van der Waals surface area (Å²) in [5.74, 6) is 0.299. The van der Waals surface area contributed by atoms with Crippen molar-refractivity contribution in [3.05, 3.63) is 146 Å². The summed E-state index contributed by atoms with van der Waals surface area (Å²) in [6.07, 6.45) is 3.90. The number of phenolic OH excluding ortho intramolecular Hbond substituents is 1. The number of hydrogen-bond donors (Lipinski definition) is 1. The summed E-state index contributed by atoms with van der Waals surface area (Å²) in [6.45, 7) is 17.2. The molecule has 0 spiro atoms. The van der Waals surface area contributed by atoms with E-state index in [1.807, 2.05) is 12.1 Å². The van der Waals surface area contributed by atoms with Gasteiger partial charge in [-0.3, -0.25) is 0 Å². The van der Waals surface area contributed by atoms with Crippen LogP contribution in [0.2, 0.25) is 10.1 Å². The van der Waals surface area contributed by atoms with Crippen molar-refractivity contribution in [2.24, 2.45) is 0 Å². The average molecular weight is 730 g/mol. The maximum atomic E-state index is 10.4. The zero-order chi connectivity index (χ0) is 37.1. The van der Waals surface area contributed by atoms with E-state index in [0.29, 0.717) is 19.0 Å². The lowest BCUT2D eigenvalue weighted by molar-refractivity contribution is 0.286. The molecule has 0 aliphatic heterocycles. The number of phenols is 1. The van der Waals surface area contributed by atoms with Gasteiger partial charge < -0.3 is 18.9 Å². The van der Waals surface area contributed by atoms with E-state index < -0.39 is 16.6 Å². The van der Waals surface area contributed by atoms with Gasteiger partial charge in [0.05, 0.1) is 0 Å². The number of nitrogens with zero attached hydrogens (tertiary/aromatic N) is 1. The van der Waals surface area contributed by atoms with Crippen LogP contribution in [0.4, 0.5) is 5.69 Å². The van der Waals surface area contributed by atoms with Gasteiger partial charge in [-0.15, -0.1) is 0 Å². The van der Waals surface area contributed by atoms with E-state index in [4.69, 9.17) is 8.85 Å². The van der Waals surface area contributed by atoms with Gasteiger partial charge in [0.1, 0.15) is 5.75 Å². The quantitative estimate of drug-likeness (QED) is 0.0767. The molecule has 4 nitrogen and oxygen atoms in total. The molecule has 0 saturated carbocycles. The molecule has 5 aromatic rings. The monoisotopic (exact) mass is 729 g/mol. The predicted molar refractivity (Wildman–Crippen MR) is 226 cm³/mol. The second kappa shape index (κ2) is 17.7. The number of benzene rings is 5. The van der Waals surface area contributed by atoms with Gasteiger partial charge in [0.25, 0.3) is 16.6 Å². The lowest BCUT2D eigenvalue weighted by Crippen LogP contribution is -2.66. The van der Waals surface area contributed by atoms with E-state index in [-0.39, 0.29) is 10.1 Å². The number of unbranched alkanes of at least 4 members (excludes halogenated alkanes) is 2. The highest BCUT2D eigenvalue weighted by atomic mass is 28.4. The third kappa shape index (κ3) is 8.98. The highest BCUT2D eigenvalue weighted by Gasteiger charge is 2.51. The minimum Gasteiger partial charge on any atom is -0.508 e. The molecule has 0 amide bonds. The molecule has 0 aliphatic carbocycles. The minimum absolute atomic E-state index is 0.0418. The number of aromatic hydroxyl groups is 1. The average Bonchev–Trinajstić information content (AvgIpc) is 3.14. The van der Waals surface area contributed by atoms with Crippen LogP contribution in [0.1, 0.15) is 67.2 Å². The summed E-state index contributed by atoms with van der Waals surface area (Å²) in [5.41, 5.74) is 1.06. The van der Waals surface area contributed by atoms with Crippen molar-refractivity contribution in [1.29, 1.82) is 0 Å². The molecule has 5 rings (SSSR count). The summed E-state index contributed by atoms with van der Waals surface area (Å²) in [4.78, 5) is 2.42. The van der Waals surface area contributed by atoms with Crippen LogP contribution < -0.4 is 25.6 Å². The van der Waals surface area contributed by atoms with E-state index in [2.05, 4.69) is 174 Å². The fraction of sp³-hybridized carbons (Fsp3) is 0.348. The van der Waals surface area contributed by atoms with E-state index in [1.54, 1.807) is 6.07 Å². The number of hydrogen-bond acceptors (Lipinski definition) is 4. The zero-order valence-electron chi connectivity index (χ0n) is 32.2. The summed E-state index contributed by atoms with van der Waals surface area (Å²) in [7, 11) is -5.13. The van der Waals surface area contributed by atoms with Gasteiger partial charge in [-0.05, 0) is 68.6 Å². The zero-order valence-corrected chi connectivity index (χ0v) is 34.2. The van der Waals surface area contributed by atoms with Gasteiger partial charge >= 0.3 is 0 Å². The molecule has 0 unspecified atom stereocenters. The van der Waals surface area contributed by atoms with E-state index in [1.165, 1.54) is 20.7 Å². The fourth-order valence-corrected chi connectivity index (χ4v) is 17.1. The van der Waals surface area contributed by atoms with E-state index >= 15 is 0 Å². The first-order valence-corrected chi connectivity index (χ1v) is 22.8. The molecule has 274 valence electrons. The summed E-state index contributed by atoms with van der Waals surface area (Å²) >= 11 is 0. The van der Waals surface area contributed by atoms with Gasteiger partial charge in [-0.2, -0.15) is 0 Å². The van der Waals surface area contributed by atoms with Crippen molar-refractivity contribution >= 4 is 43.1 Å². The molecule has 5 aromatic carbocycles. The molecule has 0 saturated heterocycles. The standard InChI is InChI=1S/C46H59NO3Si2/c1-45(2,3)51(41-26-11-7-12-27-41,42-28-13-8-14-29-42)49-36-21-19-34-47(39-24-23-25-40(48)38-39)35-20-22-37-50-52(46(4,5)6,43-30-15-9-16-31-43)44-32-17-10-18-33-44/h7-18,23-33,38,48H,19-22,34-37H2,1-6H3. The molecule has 0 bridgehead atoms. The minimum atomic E-state index is -2.56. The predicted octanol–water partition coefficient (Wildman–Crippen LogP) is 8.91. The Hall–Kier alpha value is -3.95. The largest absolute Gasteiger partial charge is 0.508 e. The third-order valence-electron chi connectivity index (χ3n) is 10.3. The Kier molecular flexibility index (Phi) is 13.4. The van der Waals surface area contributed by atoms with Crippen molar-refractivity contribution in [3.8, 4) is 5.75 Å². The summed E-state index contributed by atoms with van der Waals surface area (Å²) in [6, 6.07) is 51.2. The van der Waals surface area contributed by atoms with Crippen LogP contribution in [-0.2, 0) is 8.85 Å². The first-order chi connectivity index (χ1) is 25.0. The Morgan fingerprint density at radius 2 is 0.808 bits per heavy atom. The molecule has 0 aromatic heterocycles. The van der Waals surface area contributed by atoms with Crippen molar-refractivity contribution in [2.75, 3.05) is 31.2 Å². The number of anilines is 1. The Bertz CT molecular complexity index is 1580. The summed E-state index contributed by atoms with van der Waals surface area (Å²) in [5, 5.41) is 15.6.